The summed E-state index contributed by atoms with van der Waals surface area (Å²) in [6, 6.07) is -0.146. The van der Waals surface area contributed by atoms with Gasteiger partial charge in [0.25, 0.3) is 0 Å². The van der Waals surface area contributed by atoms with E-state index < -0.39 is 0 Å². The van der Waals surface area contributed by atoms with Gasteiger partial charge in [-0.3, -0.25) is 4.79 Å². The molecular weight excluding hydrogens is 212 g/mol. The Kier molecular flexibility index (Phi) is 4.29. The molecule has 0 aromatic heterocycles. The second-order valence-corrected chi connectivity index (χ2v) is 5.21. The SMILES string of the molecule is O=C(NCC1CCSC1)C1COCCN1. The fourth-order valence-electron chi connectivity index (χ4n) is 1.85. The molecule has 2 aliphatic heterocycles. The van der Waals surface area contributed by atoms with E-state index in [-0.39, 0.29) is 11.9 Å². The lowest BCUT2D eigenvalue weighted by molar-refractivity contribution is -0.126. The third-order valence-corrected chi connectivity index (χ3v) is 4.06. The van der Waals surface area contributed by atoms with Crippen LogP contribution >= 0.6 is 11.8 Å². The number of hydrogen-bond donors (Lipinski definition) is 2. The summed E-state index contributed by atoms with van der Waals surface area (Å²) in [5, 5.41) is 6.15. The van der Waals surface area contributed by atoms with Gasteiger partial charge in [0.1, 0.15) is 6.04 Å². The second kappa shape index (κ2) is 5.72. The molecule has 2 heterocycles. The Labute approximate surface area is 94.5 Å². The zero-order valence-electron chi connectivity index (χ0n) is 8.83. The zero-order valence-corrected chi connectivity index (χ0v) is 9.65. The molecule has 0 radical (unpaired) electrons. The Morgan fingerprint density at radius 2 is 2.53 bits per heavy atom. The summed E-state index contributed by atoms with van der Waals surface area (Å²) in [6.07, 6.45) is 1.24. The second-order valence-electron chi connectivity index (χ2n) is 4.06. The van der Waals surface area contributed by atoms with E-state index in [0.29, 0.717) is 19.1 Å². The van der Waals surface area contributed by atoms with Crippen LogP contribution in [0.2, 0.25) is 0 Å². The first-order valence-corrected chi connectivity index (χ1v) is 6.68. The Hall–Kier alpha value is -0.260. The third-order valence-electron chi connectivity index (χ3n) is 2.83. The molecule has 2 rings (SSSR count). The predicted molar refractivity (Wildman–Crippen MR) is 61.1 cm³/mol. The first-order valence-electron chi connectivity index (χ1n) is 5.53. The minimum absolute atomic E-state index is 0.0894. The topological polar surface area (TPSA) is 50.4 Å². The van der Waals surface area contributed by atoms with Crippen LogP contribution in [0.25, 0.3) is 0 Å². The summed E-state index contributed by atoms with van der Waals surface area (Å²) in [4.78, 5) is 11.7. The lowest BCUT2D eigenvalue weighted by atomic mass is 10.1. The van der Waals surface area contributed by atoms with E-state index in [4.69, 9.17) is 4.74 Å². The standard InChI is InChI=1S/C10H18N2O2S/c13-10(9-6-14-3-2-11-9)12-5-8-1-4-15-7-8/h8-9,11H,1-7H2,(H,12,13). The van der Waals surface area contributed by atoms with Gasteiger partial charge in [-0.2, -0.15) is 11.8 Å². The van der Waals surface area contributed by atoms with E-state index in [9.17, 15) is 4.79 Å². The van der Waals surface area contributed by atoms with Crippen molar-refractivity contribution in [3.63, 3.8) is 0 Å². The van der Waals surface area contributed by atoms with Crippen LogP contribution in [0.3, 0.4) is 0 Å². The van der Waals surface area contributed by atoms with Crippen LogP contribution in [0, 0.1) is 5.92 Å². The largest absolute Gasteiger partial charge is 0.378 e. The van der Waals surface area contributed by atoms with E-state index >= 15 is 0 Å². The summed E-state index contributed by atoms with van der Waals surface area (Å²) in [5.74, 6) is 3.19. The van der Waals surface area contributed by atoms with Crippen LogP contribution in [-0.4, -0.2) is 49.8 Å². The molecular formula is C10H18N2O2S. The van der Waals surface area contributed by atoms with Crippen LogP contribution in [0.15, 0.2) is 0 Å². The maximum absolute atomic E-state index is 11.7. The summed E-state index contributed by atoms with van der Waals surface area (Å²) >= 11 is 1.98. The molecule has 0 aromatic rings. The smallest absolute Gasteiger partial charge is 0.239 e. The van der Waals surface area contributed by atoms with Crippen LogP contribution in [0.4, 0.5) is 0 Å². The number of ether oxygens (including phenoxy) is 1. The molecule has 0 aromatic carbocycles. The van der Waals surface area contributed by atoms with Crippen LogP contribution in [-0.2, 0) is 9.53 Å². The minimum atomic E-state index is -0.146. The molecule has 86 valence electrons. The molecule has 2 aliphatic rings. The fourth-order valence-corrected chi connectivity index (χ4v) is 3.13. The van der Waals surface area contributed by atoms with Crippen LogP contribution in [0.5, 0.6) is 0 Å². The molecule has 5 heteroatoms. The molecule has 0 bridgehead atoms. The highest BCUT2D eigenvalue weighted by atomic mass is 32.2. The number of nitrogens with one attached hydrogen (secondary N) is 2. The molecule has 0 aliphatic carbocycles. The van der Waals surface area contributed by atoms with Gasteiger partial charge in [-0.15, -0.1) is 0 Å². The van der Waals surface area contributed by atoms with Crippen molar-refractivity contribution in [3.05, 3.63) is 0 Å². The first kappa shape index (κ1) is 11.2. The molecule has 15 heavy (non-hydrogen) atoms. The Morgan fingerprint density at radius 1 is 1.60 bits per heavy atom. The molecule has 4 nitrogen and oxygen atoms in total. The van der Waals surface area contributed by atoms with Crippen LogP contribution < -0.4 is 10.6 Å². The number of morpholine rings is 1. The number of carbonyl (C=O) groups is 1. The molecule has 2 saturated heterocycles. The van der Waals surface area contributed by atoms with Crippen molar-refractivity contribution in [3.8, 4) is 0 Å². The van der Waals surface area contributed by atoms with Gasteiger partial charge in [0.05, 0.1) is 13.2 Å². The van der Waals surface area contributed by atoms with E-state index in [1.54, 1.807) is 0 Å². The van der Waals surface area contributed by atoms with Gasteiger partial charge in [-0.25, -0.2) is 0 Å². The van der Waals surface area contributed by atoms with Gasteiger partial charge in [0.2, 0.25) is 5.91 Å². The summed E-state index contributed by atoms with van der Waals surface area (Å²) in [5.41, 5.74) is 0. The molecule has 2 unspecified atom stereocenters. The zero-order chi connectivity index (χ0) is 10.5. The molecule has 2 atom stereocenters. The first-order chi connectivity index (χ1) is 7.36. The highest BCUT2D eigenvalue weighted by molar-refractivity contribution is 7.99. The molecule has 2 fully saturated rings. The molecule has 0 spiro atoms. The predicted octanol–water partition coefficient (Wildman–Crippen LogP) is -0.156. The molecule has 1 amide bonds. The summed E-state index contributed by atoms with van der Waals surface area (Å²) in [7, 11) is 0. The van der Waals surface area contributed by atoms with Crippen molar-refractivity contribution >= 4 is 17.7 Å². The maximum Gasteiger partial charge on any atom is 0.239 e. The number of thioether (sulfide) groups is 1. The lowest BCUT2D eigenvalue weighted by Gasteiger charge is -2.23. The quantitative estimate of drug-likeness (QED) is 0.707. The maximum atomic E-state index is 11.7. The van der Waals surface area contributed by atoms with Crippen molar-refractivity contribution < 1.29 is 9.53 Å². The normalized spacial score (nSPS) is 31.5. The van der Waals surface area contributed by atoms with Crippen LogP contribution in [0.1, 0.15) is 6.42 Å². The monoisotopic (exact) mass is 230 g/mol. The Bertz CT molecular complexity index is 213. The van der Waals surface area contributed by atoms with Gasteiger partial charge in [0.15, 0.2) is 0 Å². The highest BCUT2D eigenvalue weighted by Crippen LogP contribution is 2.22. The fraction of sp³-hybridized carbons (Fsp3) is 0.900. The number of carbonyl (C=O) groups excluding carboxylic acids is 1. The van der Waals surface area contributed by atoms with Crippen molar-refractivity contribution in [1.29, 1.82) is 0 Å². The van der Waals surface area contributed by atoms with Gasteiger partial charge in [0, 0.05) is 13.1 Å². The average Bonchev–Trinajstić information content (AvgIpc) is 2.80. The van der Waals surface area contributed by atoms with Gasteiger partial charge in [-0.05, 0) is 23.8 Å². The van der Waals surface area contributed by atoms with Crippen molar-refractivity contribution in [2.75, 3.05) is 37.8 Å². The highest BCUT2D eigenvalue weighted by Gasteiger charge is 2.22. The van der Waals surface area contributed by atoms with Crippen molar-refractivity contribution in [1.82, 2.24) is 10.6 Å². The lowest BCUT2D eigenvalue weighted by Crippen LogP contribution is -2.51. The summed E-state index contributed by atoms with van der Waals surface area (Å²) in [6.45, 7) is 2.82. The van der Waals surface area contributed by atoms with E-state index in [2.05, 4.69) is 10.6 Å². The minimum Gasteiger partial charge on any atom is -0.378 e. The van der Waals surface area contributed by atoms with E-state index in [0.717, 1.165) is 13.1 Å². The van der Waals surface area contributed by atoms with Crippen molar-refractivity contribution in [2.24, 2.45) is 5.92 Å². The average molecular weight is 230 g/mol. The Balaban J connectivity index is 1.66. The van der Waals surface area contributed by atoms with E-state index in [1.165, 1.54) is 17.9 Å². The van der Waals surface area contributed by atoms with Gasteiger partial charge >= 0.3 is 0 Å². The number of hydrogen-bond acceptors (Lipinski definition) is 4. The number of rotatable bonds is 3. The Morgan fingerprint density at radius 3 is 3.20 bits per heavy atom. The van der Waals surface area contributed by atoms with Gasteiger partial charge < -0.3 is 15.4 Å². The molecule has 0 saturated carbocycles. The van der Waals surface area contributed by atoms with Crippen molar-refractivity contribution in [2.45, 2.75) is 12.5 Å². The van der Waals surface area contributed by atoms with Gasteiger partial charge in [-0.1, -0.05) is 0 Å². The molecule has 2 N–H and O–H groups in total. The summed E-state index contributed by atoms with van der Waals surface area (Å²) < 4.78 is 5.25. The number of amides is 1. The van der Waals surface area contributed by atoms with E-state index in [1.807, 2.05) is 11.8 Å². The third kappa shape index (κ3) is 3.36.